The minimum Gasteiger partial charge on any atom is -0.492 e. The fourth-order valence-electron chi connectivity index (χ4n) is 1.66. The highest BCUT2D eigenvalue weighted by Crippen LogP contribution is 2.32. The van der Waals surface area contributed by atoms with Crippen molar-refractivity contribution < 1.29 is 13.2 Å². The van der Waals surface area contributed by atoms with Crippen LogP contribution in [0.2, 0.25) is 10.0 Å². The van der Waals surface area contributed by atoms with Gasteiger partial charge in [0.05, 0.1) is 17.4 Å². The highest BCUT2D eigenvalue weighted by Gasteiger charge is 2.11. The topological polar surface area (TPSA) is 55.4 Å². The van der Waals surface area contributed by atoms with Crippen LogP contribution in [0, 0.1) is 0 Å². The van der Waals surface area contributed by atoms with Crippen molar-refractivity contribution in [2.45, 2.75) is 19.9 Å². The normalized spacial score (nSPS) is 11.6. The van der Waals surface area contributed by atoms with Crippen molar-refractivity contribution in [1.29, 1.82) is 0 Å². The third-order valence-electron chi connectivity index (χ3n) is 2.56. The molecule has 0 aliphatic rings. The molecule has 114 valence electrons. The van der Waals surface area contributed by atoms with Gasteiger partial charge in [-0.1, -0.05) is 30.1 Å². The summed E-state index contributed by atoms with van der Waals surface area (Å²) in [6.45, 7) is 3.71. The summed E-state index contributed by atoms with van der Waals surface area (Å²) >= 11 is 12.1. The van der Waals surface area contributed by atoms with E-state index in [1.807, 2.05) is 6.92 Å². The molecule has 0 aromatic heterocycles. The minimum atomic E-state index is -2.97. The van der Waals surface area contributed by atoms with Crippen LogP contribution in [0.25, 0.3) is 0 Å². The number of benzene rings is 1. The Morgan fingerprint density at radius 3 is 2.60 bits per heavy atom. The summed E-state index contributed by atoms with van der Waals surface area (Å²) in [6.07, 6.45) is 1.64. The van der Waals surface area contributed by atoms with Gasteiger partial charge in [-0.25, -0.2) is 8.42 Å². The predicted molar refractivity (Wildman–Crippen MR) is 83.7 cm³/mol. The maximum Gasteiger partial charge on any atom is 0.147 e. The Balaban J connectivity index is 2.72. The van der Waals surface area contributed by atoms with Crippen LogP contribution in [0.1, 0.15) is 18.9 Å². The van der Waals surface area contributed by atoms with E-state index >= 15 is 0 Å². The summed E-state index contributed by atoms with van der Waals surface area (Å²) in [7, 11) is -2.97. The van der Waals surface area contributed by atoms with Crippen molar-refractivity contribution in [2.75, 3.05) is 25.2 Å². The molecule has 1 N–H and O–H groups in total. The molecular formula is C13H19Cl2NO3S. The molecule has 1 rings (SSSR count). The highest BCUT2D eigenvalue weighted by atomic mass is 35.5. The first kappa shape index (κ1) is 17.6. The van der Waals surface area contributed by atoms with Crippen molar-refractivity contribution in [3.63, 3.8) is 0 Å². The van der Waals surface area contributed by atoms with Gasteiger partial charge in [0, 0.05) is 23.4 Å². The summed E-state index contributed by atoms with van der Waals surface area (Å²) < 4.78 is 27.7. The largest absolute Gasteiger partial charge is 0.492 e. The van der Waals surface area contributed by atoms with Crippen molar-refractivity contribution in [1.82, 2.24) is 5.32 Å². The van der Waals surface area contributed by atoms with E-state index in [2.05, 4.69) is 5.32 Å². The van der Waals surface area contributed by atoms with Gasteiger partial charge in [-0.15, -0.1) is 0 Å². The van der Waals surface area contributed by atoms with E-state index in [4.69, 9.17) is 27.9 Å². The predicted octanol–water partition coefficient (Wildman–Crippen LogP) is 2.92. The van der Waals surface area contributed by atoms with E-state index in [1.54, 1.807) is 12.1 Å². The van der Waals surface area contributed by atoms with E-state index in [0.29, 0.717) is 35.4 Å². The summed E-state index contributed by atoms with van der Waals surface area (Å²) in [5, 5.41) is 4.16. The van der Waals surface area contributed by atoms with Gasteiger partial charge >= 0.3 is 0 Å². The van der Waals surface area contributed by atoms with Gasteiger partial charge in [-0.05, 0) is 25.1 Å². The van der Waals surface area contributed by atoms with E-state index < -0.39 is 9.84 Å². The Labute approximate surface area is 130 Å². The van der Waals surface area contributed by atoms with Crippen LogP contribution in [0.5, 0.6) is 5.75 Å². The summed E-state index contributed by atoms with van der Waals surface area (Å²) in [5.74, 6) is 0.659. The van der Waals surface area contributed by atoms with E-state index in [-0.39, 0.29) is 5.75 Å². The lowest BCUT2D eigenvalue weighted by Crippen LogP contribution is -2.14. The van der Waals surface area contributed by atoms with Gasteiger partial charge in [-0.2, -0.15) is 0 Å². The van der Waals surface area contributed by atoms with Gasteiger partial charge in [0.25, 0.3) is 0 Å². The third kappa shape index (κ3) is 6.31. The molecule has 1 aromatic carbocycles. The lowest BCUT2D eigenvalue weighted by molar-refractivity contribution is 0.314. The van der Waals surface area contributed by atoms with Crippen LogP contribution in [0.15, 0.2) is 12.1 Å². The van der Waals surface area contributed by atoms with Crippen molar-refractivity contribution in [2.24, 2.45) is 0 Å². The smallest absolute Gasteiger partial charge is 0.147 e. The van der Waals surface area contributed by atoms with Gasteiger partial charge < -0.3 is 10.1 Å². The van der Waals surface area contributed by atoms with Crippen molar-refractivity contribution >= 4 is 33.0 Å². The first-order valence-electron chi connectivity index (χ1n) is 6.32. The molecule has 0 aliphatic heterocycles. The van der Waals surface area contributed by atoms with Crippen molar-refractivity contribution in [3.8, 4) is 5.75 Å². The molecule has 0 aliphatic carbocycles. The molecule has 1 aromatic rings. The van der Waals surface area contributed by atoms with Crippen molar-refractivity contribution in [3.05, 3.63) is 27.7 Å². The molecule has 0 unspecified atom stereocenters. The molecule has 0 fully saturated rings. The summed E-state index contributed by atoms with van der Waals surface area (Å²) in [4.78, 5) is 0. The molecule has 20 heavy (non-hydrogen) atoms. The Kier molecular flexibility index (Phi) is 7.09. The molecule has 0 radical (unpaired) electrons. The molecule has 4 nitrogen and oxygen atoms in total. The van der Waals surface area contributed by atoms with Gasteiger partial charge in [-0.3, -0.25) is 0 Å². The van der Waals surface area contributed by atoms with Gasteiger partial charge in [0.2, 0.25) is 0 Å². The Morgan fingerprint density at radius 2 is 2.00 bits per heavy atom. The van der Waals surface area contributed by atoms with Crippen LogP contribution < -0.4 is 10.1 Å². The fourth-order valence-corrected chi connectivity index (χ4v) is 2.89. The molecule has 0 spiro atoms. The lowest BCUT2D eigenvalue weighted by atomic mass is 10.2. The Morgan fingerprint density at radius 1 is 1.30 bits per heavy atom. The zero-order chi connectivity index (χ0) is 15.2. The molecule has 0 heterocycles. The molecule has 0 bridgehead atoms. The maximum atomic E-state index is 11.1. The number of rotatable bonds is 8. The number of sulfone groups is 1. The van der Waals surface area contributed by atoms with Gasteiger partial charge in [0.15, 0.2) is 0 Å². The molecule has 0 saturated carbocycles. The standard InChI is InChI=1S/C13H19Cl2NO3S/c1-3-16-9-10-7-11(14)8-12(15)13(10)19-5-4-6-20(2,17)18/h7-8,16H,3-6,9H2,1-2H3. The number of nitrogens with one attached hydrogen (secondary N) is 1. The molecule has 0 amide bonds. The Hall–Kier alpha value is -0.490. The second-order valence-corrected chi connectivity index (χ2v) is 7.59. The zero-order valence-corrected chi connectivity index (χ0v) is 13.9. The maximum absolute atomic E-state index is 11.1. The summed E-state index contributed by atoms with van der Waals surface area (Å²) in [5.41, 5.74) is 0.865. The molecule has 0 atom stereocenters. The molecule has 7 heteroatoms. The average molecular weight is 340 g/mol. The molecule has 0 saturated heterocycles. The van der Waals surface area contributed by atoms with Gasteiger partial charge in [0.1, 0.15) is 15.6 Å². The minimum absolute atomic E-state index is 0.0980. The van der Waals surface area contributed by atoms with E-state index in [9.17, 15) is 8.42 Å². The van der Waals surface area contributed by atoms with E-state index in [1.165, 1.54) is 6.26 Å². The van der Waals surface area contributed by atoms with Crippen LogP contribution in [0.3, 0.4) is 0 Å². The summed E-state index contributed by atoms with van der Waals surface area (Å²) in [6, 6.07) is 3.41. The third-order valence-corrected chi connectivity index (χ3v) is 4.09. The second kappa shape index (κ2) is 8.08. The number of ether oxygens (including phenoxy) is 1. The van der Waals surface area contributed by atoms with Crippen LogP contribution in [-0.2, 0) is 16.4 Å². The number of hydrogen-bond acceptors (Lipinski definition) is 4. The first-order chi connectivity index (χ1) is 9.33. The fraction of sp³-hybridized carbons (Fsp3) is 0.538. The average Bonchev–Trinajstić information content (AvgIpc) is 2.32. The monoisotopic (exact) mass is 339 g/mol. The SMILES string of the molecule is CCNCc1cc(Cl)cc(Cl)c1OCCCS(C)(=O)=O. The zero-order valence-electron chi connectivity index (χ0n) is 11.6. The van der Waals surface area contributed by atoms with Crippen LogP contribution in [-0.4, -0.2) is 33.6 Å². The van der Waals surface area contributed by atoms with E-state index in [0.717, 1.165) is 12.1 Å². The lowest BCUT2D eigenvalue weighted by Gasteiger charge is -2.14. The second-order valence-electron chi connectivity index (χ2n) is 4.49. The van der Waals surface area contributed by atoms with Crippen LogP contribution >= 0.6 is 23.2 Å². The number of halogens is 2. The van der Waals surface area contributed by atoms with Crippen LogP contribution in [0.4, 0.5) is 0 Å². The quantitative estimate of drug-likeness (QED) is 0.740. The first-order valence-corrected chi connectivity index (χ1v) is 9.14. The highest BCUT2D eigenvalue weighted by molar-refractivity contribution is 7.90. The number of hydrogen-bond donors (Lipinski definition) is 1. The molecular weight excluding hydrogens is 321 g/mol. The Bertz CT molecular complexity index is 547.